The molecule has 0 N–H and O–H groups in total. The van der Waals surface area contributed by atoms with Gasteiger partial charge in [-0.15, -0.1) is 0 Å². The first-order chi connectivity index (χ1) is 7.30. The lowest BCUT2D eigenvalue weighted by Crippen LogP contribution is -2.26. The number of benzene rings is 1. The predicted molar refractivity (Wildman–Crippen MR) is 56.3 cm³/mol. The molecule has 0 aromatic heterocycles. The molecule has 1 aromatic carbocycles. The molecule has 4 heteroatoms. The summed E-state index contributed by atoms with van der Waals surface area (Å²) in [5, 5.41) is 0. The minimum Gasteiger partial charge on any atom is -0.483 e. The Morgan fingerprint density at radius 3 is 2.50 bits per heavy atom. The highest BCUT2D eigenvalue weighted by Gasteiger charge is 2.22. The zero-order chi connectivity index (χ0) is 12.3. The third-order valence-corrected chi connectivity index (χ3v) is 2.09. The summed E-state index contributed by atoms with van der Waals surface area (Å²) in [6, 6.07) is 2.88. The lowest BCUT2D eigenvalue weighted by atomic mass is 9.91. The number of halogens is 2. The maximum absolute atomic E-state index is 13.1. The van der Waals surface area contributed by atoms with Gasteiger partial charge in [-0.2, -0.15) is 0 Å². The molecule has 0 spiro atoms. The Hall–Kier alpha value is -1.45. The van der Waals surface area contributed by atoms with Crippen molar-refractivity contribution in [2.75, 3.05) is 6.61 Å². The number of rotatable bonds is 3. The summed E-state index contributed by atoms with van der Waals surface area (Å²) in [6.45, 7) is 4.95. The van der Waals surface area contributed by atoms with Crippen molar-refractivity contribution in [1.29, 1.82) is 0 Å². The van der Waals surface area contributed by atoms with Crippen LogP contribution in [0.25, 0.3) is 0 Å². The van der Waals surface area contributed by atoms with Gasteiger partial charge in [-0.05, 0) is 12.1 Å². The van der Waals surface area contributed by atoms with E-state index in [1.807, 2.05) is 0 Å². The van der Waals surface area contributed by atoms with Gasteiger partial charge in [0.05, 0.1) is 0 Å². The zero-order valence-corrected chi connectivity index (χ0v) is 9.51. The van der Waals surface area contributed by atoms with Crippen molar-refractivity contribution in [1.82, 2.24) is 0 Å². The smallest absolute Gasteiger partial charge is 0.175 e. The summed E-state index contributed by atoms with van der Waals surface area (Å²) in [5.41, 5.74) is -0.552. The summed E-state index contributed by atoms with van der Waals surface area (Å²) in [5.74, 6) is -1.68. The summed E-state index contributed by atoms with van der Waals surface area (Å²) in [6.07, 6.45) is 0. The molecular formula is C12H14F2O2. The van der Waals surface area contributed by atoms with Gasteiger partial charge in [-0.25, -0.2) is 8.78 Å². The van der Waals surface area contributed by atoms with Gasteiger partial charge >= 0.3 is 0 Å². The molecule has 0 heterocycles. The number of carbonyl (C=O) groups is 1. The number of hydrogen-bond acceptors (Lipinski definition) is 2. The first kappa shape index (κ1) is 12.6. The van der Waals surface area contributed by atoms with Crippen molar-refractivity contribution in [2.45, 2.75) is 20.8 Å². The molecule has 1 rings (SSSR count). The first-order valence-corrected chi connectivity index (χ1v) is 4.92. The number of Topliss-reactive ketones (excluding diaryl/α,β-unsaturated/α-hetero) is 1. The van der Waals surface area contributed by atoms with Crippen molar-refractivity contribution in [3.05, 3.63) is 29.8 Å². The maximum Gasteiger partial charge on any atom is 0.175 e. The molecule has 0 unspecified atom stereocenters. The van der Waals surface area contributed by atoms with Gasteiger partial charge < -0.3 is 4.74 Å². The Morgan fingerprint density at radius 2 is 1.94 bits per heavy atom. The van der Waals surface area contributed by atoms with Crippen molar-refractivity contribution in [2.24, 2.45) is 5.41 Å². The molecule has 16 heavy (non-hydrogen) atoms. The van der Waals surface area contributed by atoms with E-state index in [1.165, 1.54) is 0 Å². The summed E-state index contributed by atoms with van der Waals surface area (Å²) >= 11 is 0. The zero-order valence-electron chi connectivity index (χ0n) is 9.51. The minimum absolute atomic E-state index is 0.170. The van der Waals surface area contributed by atoms with Crippen LogP contribution in [0, 0.1) is 17.0 Å². The molecule has 0 radical (unpaired) electrons. The predicted octanol–water partition coefficient (Wildman–Crippen LogP) is 2.96. The monoisotopic (exact) mass is 228 g/mol. The van der Waals surface area contributed by atoms with E-state index < -0.39 is 17.0 Å². The second-order valence-electron chi connectivity index (χ2n) is 4.54. The molecular weight excluding hydrogens is 214 g/mol. The largest absolute Gasteiger partial charge is 0.483 e. The molecule has 0 aliphatic heterocycles. The van der Waals surface area contributed by atoms with Crippen molar-refractivity contribution >= 4 is 5.78 Å². The Morgan fingerprint density at radius 1 is 1.31 bits per heavy atom. The van der Waals surface area contributed by atoms with E-state index in [2.05, 4.69) is 0 Å². The van der Waals surface area contributed by atoms with Crippen LogP contribution in [-0.4, -0.2) is 12.4 Å². The van der Waals surface area contributed by atoms with Crippen LogP contribution < -0.4 is 4.74 Å². The lowest BCUT2D eigenvalue weighted by molar-refractivity contribution is -0.128. The van der Waals surface area contributed by atoms with E-state index >= 15 is 0 Å². The van der Waals surface area contributed by atoms with E-state index in [-0.39, 0.29) is 18.1 Å². The van der Waals surface area contributed by atoms with Crippen molar-refractivity contribution in [3.8, 4) is 5.75 Å². The first-order valence-electron chi connectivity index (χ1n) is 4.92. The van der Waals surface area contributed by atoms with E-state index in [1.54, 1.807) is 20.8 Å². The Balaban J connectivity index is 2.68. The highest BCUT2D eigenvalue weighted by atomic mass is 19.1. The fraction of sp³-hybridized carbons (Fsp3) is 0.417. The van der Waals surface area contributed by atoms with E-state index in [0.717, 1.165) is 18.2 Å². The number of ketones is 1. The average Bonchev–Trinajstić information content (AvgIpc) is 2.17. The van der Waals surface area contributed by atoms with E-state index in [0.29, 0.717) is 0 Å². The van der Waals surface area contributed by atoms with Crippen LogP contribution in [0.1, 0.15) is 20.8 Å². The van der Waals surface area contributed by atoms with Gasteiger partial charge in [0.15, 0.2) is 17.3 Å². The standard InChI is InChI=1S/C12H14F2O2/c1-12(2,3)11(15)7-16-10-6-8(13)4-5-9(10)14/h4-6H,7H2,1-3H3. The fourth-order valence-electron chi connectivity index (χ4n) is 0.948. The highest BCUT2D eigenvalue weighted by Crippen LogP contribution is 2.20. The van der Waals surface area contributed by atoms with Crippen LogP contribution in [0.5, 0.6) is 5.75 Å². The van der Waals surface area contributed by atoms with Crippen LogP contribution in [0.2, 0.25) is 0 Å². The molecule has 0 amide bonds. The summed E-state index contributed by atoms with van der Waals surface area (Å²) in [4.78, 5) is 11.5. The average molecular weight is 228 g/mol. The fourth-order valence-corrected chi connectivity index (χ4v) is 0.948. The summed E-state index contributed by atoms with van der Waals surface area (Å²) in [7, 11) is 0. The van der Waals surface area contributed by atoms with Gasteiger partial charge in [0, 0.05) is 11.5 Å². The molecule has 0 fully saturated rings. The number of ether oxygens (including phenoxy) is 1. The van der Waals surface area contributed by atoms with Gasteiger partial charge in [-0.1, -0.05) is 20.8 Å². The molecule has 88 valence electrons. The highest BCUT2D eigenvalue weighted by molar-refractivity contribution is 5.85. The van der Waals surface area contributed by atoms with Crippen LogP contribution in [-0.2, 0) is 4.79 Å². The van der Waals surface area contributed by atoms with Crippen LogP contribution in [0.4, 0.5) is 8.78 Å². The molecule has 0 aliphatic carbocycles. The molecule has 2 nitrogen and oxygen atoms in total. The second-order valence-corrected chi connectivity index (χ2v) is 4.54. The molecule has 0 saturated heterocycles. The number of carbonyl (C=O) groups excluding carboxylic acids is 1. The normalized spacial score (nSPS) is 11.3. The lowest BCUT2D eigenvalue weighted by Gasteiger charge is -2.16. The van der Waals surface area contributed by atoms with Gasteiger partial charge in [0.1, 0.15) is 12.4 Å². The van der Waals surface area contributed by atoms with E-state index in [9.17, 15) is 13.6 Å². The SMILES string of the molecule is CC(C)(C)C(=O)COc1cc(F)ccc1F. The van der Waals surface area contributed by atoms with Crippen molar-refractivity contribution in [3.63, 3.8) is 0 Å². The Bertz CT molecular complexity index is 394. The second kappa shape index (κ2) is 4.60. The maximum atomic E-state index is 13.1. The topological polar surface area (TPSA) is 26.3 Å². The van der Waals surface area contributed by atoms with Crippen LogP contribution >= 0.6 is 0 Å². The third kappa shape index (κ3) is 3.29. The molecule has 0 atom stereocenters. The molecule has 0 aliphatic rings. The molecule has 0 saturated carbocycles. The van der Waals surface area contributed by atoms with E-state index in [4.69, 9.17) is 4.74 Å². The Kier molecular flexibility index (Phi) is 3.62. The van der Waals surface area contributed by atoms with Crippen LogP contribution in [0.3, 0.4) is 0 Å². The van der Waals surface area contributed by atoms with Gasteiger partial charge in [-0.3, -0.25) is 4.79 Å². The molecule has 1 aromatic rings. The summed E-state index contributed by atoms with van der Waals surface area (Å²) < 4.78 is 30.8. The minimum atomic E-state index is -0.678. The molecule has 0 bridgehead atoms. The number of hydrogen-bond donors (Lipinski definition) is 0. The third-order valence-electron chi connectivity index (χ3n) is 2.09. The van der Waals surface area contributed by atoms with Gasteiger partial charge in [0.25, 0.3) is 0 Å². The van der Waals surface area contributed by atoms with Crippen molar-refractivity contribution < 1.29 is 18.3 Å². The Labute approximate surface area is 93.2 Å². The van der Waals surface area contributed by atoms with Crippen LogP contribution in [0.15, 0.2) is 18.2 Å². The quantitative estimate of drug-likeness (QED) is 0.795. The van der Waals surface area contributed by atoms with Gasteiger partial charge in [0.2, 0.25) is 0 Å².